The molecule has 0 fully saturated rings. The quantitative estimate of drug-likeness (QED) is 0.691. The van der Waals surface area contributed by atoms with Crippen molar-refractivity contribution in [3.63, 3.8) is 0 Å². The zero-order valence-corrected chi connectivity index (χ0v) is 9.79. The van der Waals surface area contributed by atoms with Crippen molar-refractivity contribution < 1.29 is 8.42 Å². The highest BCUT2D eigenvalue weighted by Crippen LogP contribution is 2.23. The Labute approximate surface area is 103 Å². The number of nitrogen functional groups attached to an aromatic ring is 1. The first-order valence-corrected chi connectivity index (χ1v) is 6.21. The average molecular weight is 264 g/mol. The molecular weight excluding hydrogens is 256 g/mol. The van der Waals surface area contributed by atoms with Gasteiger partial charge in [-0.25, -0.2) is 23.2 Å². The van der Waals surface area contributed by atoms with E-state index in [1.165, 1.54) is 23.1 Å². The number of hydrogen-bond acceptors (Lipinski definition) is 6. The predicted octanol–water partition coefficient (Wildman–Crippen LogP) is -0.631. The number of hydrogen-bond donors (Lipinski definition) is 2. The average Bonchev–Trinajstić information content (AvgIpc) is 2.76. The van der Waals surface area contributed by atoms with Crippen molar-refractivity contribution in [1.29, 1.82) is 5.26 Å². The van der Waals surface area contributed by atoms with E-state index in [0.29, 0.717) is 0 Å². The summed E-state index contributed by atoms with van der Waals surface area (Å²) in [6.07, 6.45) is 1.26. The first-order chi connectivity index (χ1) is 8.43. The van der Waals surface area contributed by atoms with Crippen LogP contribution in [0, 0.1) is 11.3 Å². The molecule has 1 aromatic heterocycles. The third-order valence-electron chi connectivity index (χ3n) is 2.19. The summed E-state index contributed by atoms with van der Waals surface area (Å²) in [6.45, 7) is 0. The number of nitrogens with two attached hydrogens (primary N) is 2. The normalized spacial score (nSPS) is 11.1. The van der Waals surface area contributed by atoms with Crippen LogP contribution < -0.4 is 10.9 Å². The van der Waals surface area contributed by atoms with Crippen LogP contribution in [0.4, 0.5) is 5.69 Å². The first-order valence-electron chi connectivity index (χ1n) is 4.67. The molecule has 0 bridgehead atoms. The summed E-state index contributed by atoms with van der Waals surface area (Å²) in [5.41, 5.74) is 5.96. The number of nitrogens with zero attached hydrogens (tertiary/aromatic N) is 4. The molecule has 0 radical (unpaired) electrons. The number of anilines is 1. The lowest BCUT2D eigenvalue weighted by atomic mass is 10.3. The summed E-state index contributed by atoms with van der Waals surface area (Å²) in [5.74, 6) is -0.0459. The Morgan fingerprint density at radius 1 is 1.39 bits per heavy atom. The van der Waals surface area contributed by atoms with E-state index >= 15 is 0 Å². The van der Waals surface area contributed by atoms with Gasteiger partial charge in [0.2, 0.25) is 10.0 Å². The minimum Gasteiger partial charge on any atom is -0.396 e. The maximum atomic E-state index is 11.3. The molecule has 0 amide bonds. The van der Waals surface area contributed by atoms with Crippen LogP contribution in [-0.4, -0.2) is 23.2 Å². The van der Waals surface area contributed by atoms with E-state index in [2.05, 4.69) is 10.1 Å². The van der Waals surface area contributed by atoms with E-state index < -0.39 is 10.0 Å². The number of benzene rings is 1. The van der Waals surface area contributed by atoms with Crippen molar-refractivity contribution in [3.8, 4) is 11.8 Å². The lowest BCUT2D eigenvalue weighted by molar-refractivity contribution is 0.598. The zero-order valence-electron chi connectivity index (χ0n) is 8.98. The van der Waals surface area contributed by atoms with Gasteiger partial charge in [-0.2, -0.15) is 5.26 Å². The van der Waals surface area contributed by atoms with Gasteiger partial charge in [-0.1, -0.05) is 6.07 Å². The van der Waals surface area contributed by atoms with E-state index in [0.717, 1.165) is 0 Å². The molecule has 0 atom stereocenters. The summed E-state index contributed by atoms with van der Waals surface area (Å²) in [4.78, 5) is 3.50. The van der Waals surface area contributed by atoms with E-state index in [-0.39, 0.29) is 22.1 Å². The van der Waals surface area contributed by atoms with Gasteiger partial charge >= 0.3 is 0 Å². The van der Waals surface area contributed by atoms with Crippen LogP contribution in [-0.2, 0) is 10.0 Å². The molecule has 0 aliphatic carbocycles. The van der Waals surface area contributed by atoms with Gasteiger partial charge in [0.25, 0.3) is 5.82 Å². The number of nitriles is 1. The number of sulfonamides is 1. The number of rotatable bonds is 2. The van der Waals surface area contributed by atoms with Gasteiger partial charge in [-0.15, -0.1) is 5.10 Å². The minimum atomic E-state index is -3.91. The Bertz CT molecular complexity index is 743. The molecule has 1 aromatic carbocycles. The Hall–Kier alpha value is -2.44. The molecule has 0 saturated heterocycles. The molecule has 0 unspecified atom stereocenters. The Morgan fingerprint density at radius 3 is 2.67 bits per heavy atom. The van der Waals surface area contributed by atoms with Crippen LogP contribution in [0.25, 0.3) is 5.69 Å². The molecular formula is C9H8N6O2S. The van der Waals surface area contributed by atoms with E-state index in [1.54, 1.807) is 12.1 Å². The van der Waals surface area contributed by atoms with Crippen molar-refractivity contribution in [3.05, 3.63) is 30.4 Å². The van der Waals surface area contributed by atoms with Crippen molar-refractivity contribution in [2.45, 2.75) is 4.90 Å². The highest BCUT2D eigenvalue weighted by Gasteiger charge is 2.16. The third kappa shape index (κ3) is 2.02. The summed E-state index contributed by atoms with van der Waals surface area (Å²) in [6, 6.07) is 6.06. The molecule has 9 heteroatoms. The molecule has 92 valence electrons. The summed E-state index contributed by atoms with van der Waals surface area (Å²) < 4.78 is 23.8. The van der Waals surface area contributed by atoms with E-state index in [1.807, 2.05) is 0 Å². The van der Waals surface area contributed by atoms with Crippen molar-refractivity contribution in [2.24, 2.45) is 5.14 Å². The van der Waals surface area contributed by atoms with Gasteiger partial charge in [0.1, 0.15) is 17.3 Å². The van der Waals surface area contributed by atoms with Crippen LogP contribution in [0.1, 0.15) is 5.82 Å². The lowest BCUT2D eigenvalue weighted by Gasteiger charge is -2.08. The fourth-order valence-electron chi connectivity index (χ4n) is 1.41. The SMILES string of the molecule is N#Cc1ncn(-c2cccc(S(N)(=O)=O)c2N)n1. The topological polar surface area (TPSA) is 141 Å². The van der Waals surface area contributed by atoms with Crippen molar-refractivity contribution in [2.75, 3.05) is 5.73 Å². The van der Waals surface area contributed by atoms with Gasteiger partial charge < -0.3 is 5.73 Å². The number of para-hydroxylation sites is 1. The van der Waals surface area contributed by atoms with Gasteiger partial charge in [0.15, 0.2) is 0 Å². The molecule has 18 heavy (non-hydrogen) atoms. The Morgan fingerprint density at radius 2 is 2.11 bits per heavy atom. The molecule has 4 N–H and O–H groups in total. The second kappa shape index (κ2) is 4.10. The highest BCUT2D eigenvalue weighted by molar-refractivity contribution is 7.89. The number of aromatic nitrogens is 3. The predicted molar refractivity (Wildman–Crippen MR) is 61.9 cm³/mol. The monoisotopic (exact) mass is 264 g/mol. The molecule has 0 aliphatic rings. The molecule has 2 rings (SSSR count). The van der Waals surface area contributed by atoms with Crippen LogP contribution in [0.5, 0.6) is 0 Å². The molecule has 2 aromatic rings. The second-order valence-electron chi connectivity index (χ2n) is 3.36. The smallest absolute Gasteiger partial charge is 0.252 e. The van der Waals surface area contributed by atoms with Crippen LogP contribution in [0.3, 0.4) is 0 Å². The molecule has 8 nitrogen and oxygen atoms in total. The zero-order chi connectivity index (χ0) is 13.3. The molecule has 0 aliphatic heterocycles. The standard InChI is InChI=1S/C9H8N6O2S/c10-4-8-13-5-15(14-8)6-2-1-3-7(9(6)11)18(12,16)17/h1-3,5H,11H2,(H2,12,16,17). The number of primary sulfonamides is 1. The van der Waals surface area contributed by atoms with Crippen LogP contribution in [0.2, 0.25) is 0 Å². The van der Waals surface area contributed by atoms with Crippen molar-refractivity contribution in [1.82, 2.24) is 14.8 Å². The van der Waals surface area contributed by atoms with E-state index in [4.69, 9.17) is 16.1 Å². The maximum absolute atomic E-state index is 11.3. The summed E-state index contributed by atoms with van der Waals surface area (Å²) in [7, 11) is -3.91. The van der Waals surface area contributed by atoms with Gasteiger partial charge in [-0.05, 0) is 12.1 Å². The fourth-order valence-corrected chi connectivity index (χ4v) is 2.09. The Kier molecular flexibility index (Phi) is 2.74. The maximum Gasteiger partial charge on any atom is 0.252 e. The first kappa shape index (κ1) is 12.0. The van der Waals surface area contributed by atoms with Crippen molar-refractivity contribution >= 4 is 15.7 Å². The summed E-state index contributed by atoms with van der Waals surface area (Å²) in [5, 5.41) is 17.5. The van der Waals surface area contributed by atoms with Crippen LogP contribution in [0.15, 0.2) is 29.4 Å². The van der Waals surface area contributed by atoms with Gasteiger partial charge in [0.05, 0.1) is 11.4 Å². The third-order valence-corrected chi connectivity index (χ3v) is 3.16. The highest BCUT2D eigenvalue weighted by atomic mass is 32.2. The fraction of sp³-hybridized carbons (Fsp3) is 0. The van der Waals surface area contributed by atoms with Gasteiger partial charge in [0, 0.05) is 0 Å². The molecule has 1 heterocycles. The molecule has 0 saturated carbocycles. The largest absolute Gasteiger partial charge is 0.396 e. The summed E-state index contributed by atoms with van der Waals surface area (Å²) >= 11 is 0. The lowest BCUT2D eigenvalue weighted by Crippen LogP contribution is -2.15. The van der Waals surface area contributed by atoms with E-state index in [9.17, 15) is 8.42 Å². The Balaban J connectivity index is 2.64. The minimum absolute atomic E-state index is 0.0459. The van der Waals surface area contributed by atoms with Crippen LogP contribution >= 0.6 is 0 Å². The van der Waals surface area contributed by atoms with Gasteiger partial charge in [-0.3, -0.25) is 0 Å². The second-order valence-corrected chi connectivity index (χ2v) is 4.89. The molecule has 0 spiro atoms.